The van der Waals surface area contributed by atoms with E-state index in [-0.39, 0.29) is 46.7 Å². The van der Waals surface area contributed by atoms with Crippen LogP contribution in [0.1, 0.15) is 31.9 Å². The van der Waals surface area contributed by atoms with E-state index in [1.165, 1.54) is 36.3 Å². The molecular formula is C23H24F3N7O2. The number of nitriles is 1. The number of methoxy groups -OCH3 is 1. The van der Waals surface area contributed by atoms with Crippen molar-refractivity contribution in [1.82, 2.24) is 24.4 Å². The van der Waals surface area contributed by atoms with Crippen LogP contribution in [0.5, 0.6) is 0 Å². The van der Waals surface area contributed by atoms with Gasteiger partial charge in [-0.1, -0.05) is 0 Å². The second-order valence-corrected chi connectivity index (χ2v) is 8.83. The van der Waals surface area contributed by atoms with Crippen molar-refractivity contribution < 1.29 is 22.7 Å². The number of anilines is 1. The third-order valence-corrected chi connectivity index (χ3v) is 6.20. The van der Waals surface area contributed by atoms with Crippen molar-refractivity contribution in [3.05, 3.63) is 42.0 Å². The summed E-state index contributed by atoms with van der Waals surface area (Å²) in [5.41, 5.74) is -1.63. The highest BCUT2D eigenvalue weighted by molar-refractivity contribution is 5.93. The molecule has 0 bridgehead atoms. The lowest BCUT2D eigenvalue weighted by molar-refractivity contribution is -0.151. The molecular weight excluding hydrogens is 463 g/mol. The molecule has 4 heterocycles. The molecule has 9 nitrogen and oxygen atoms in total. The molecule has 1 aliphatic rings. The van der Waals surface area contributed by atoms with Gasteiger partial charge in [-0.15, -0.1) is 0 Å². The molecule has 184 valence electrons. The van der Waals surface area contributed by atoms with Crippen molar-refractivity contribution in [2.24, 2.45) is 0 Å². The van der Waals surface area contributed by atoms with E-state index in [9.17, 15) is 23.2 Å². The van der Waals surface area contributed by atoms with Gasteiger partial charge in [0.2, 0.25) is 0 Å². The van der Waals surface area contributed by atoms with Crippen LogP contribution in [-0.2, 0) is 15.7 Å². The summed E-state index contributed by atoms with van der Waals surface area (Å²) in [6.07, 6.45) is -1.19. The smallest absolute Gasteiger partial charge is 0.369 e. The van der Waals surface area contributed by atoms with Crippen LogP contribution in [0.25, 0.3) is 16.9 Å². The third kappa shape index (κ3) is 4.39. The predicted molar refractivity (Wildman–Crippen MR) is 121 cm³/mol. The number of nitrogens with zero attached hydrogens (tertiary/aromatic N) is 7. The second-order valence-electron chi connectivity index (χ2n) is 8.83. The molecule has 0 saturated carbocycles. The zero-order valence-electron chi connectivity index (χ0n) is 19.7. The maximum absolute atomic E-state index is 14.1. The minimum absolute atomic E-state index is 0.0242. The Labute approximate surface area is 199 Å². The number of amides is 1. The summed E-state index contributed by atoms with van der Waals surface area (Å²) in [6, 6.07) is 4.51. The maximum atomic E-state index is 14.1. The van der Waals surface area contributed by atoms with Gasteiger partial charge in [0.25, 0.3) is 5.91 Å². The standard InChI is InChI=1S/C23H24F3N7O2/c1-14-11-31(21(34)22(2,3)35-4)7-8-32(14)19-18-16(23(24,25)26)12-33(20(18)30-13-29-19)17-9-15(10-27)5-6-28-17/h5-6,9,12-14H,7-8,11H2,1-4H3/t14-/m0/s1. The summed E-state index contributed by atoms with van der Waals surface area (Å²) >= 11 is 0. The Morgan fingerprint density at radius 2 is 1.97 bits per heavy atom. The number of aromatic nitrogens is 4. The van der Waals surface area contributed by atoms with Crippen molar-refractivity contribution >= 4 is 22.8 Å². The molecule has 1 fully saturated rings. The van der Waals surface area contributed by atoms with Crippen LogP contribution in [0, 0.1) is 11.3 Å². The quantitative estimate of drug-likeness (QED) is 0.557. The summed E-state index contributed by atoms with van der Waals surface area (Å²) < 4.78 is 49.0. The van der Waals surface area contributed by atoms with Crippen molar-refractivity contribution in [3.63, 3.8) is 0 Å². The van der Waals surface area contributed by atoms with Crippen molar-refractivity contribution in [3.8, 4) is 11.9 Å². The molecule has 35 heavy (non-hydrogen) atoms. The highest BCUT2D eigenvalue weighted by Gasteiger charge is 2.40. The predicted octanol–water partition coefficient (Wildman–Crippen LogP) is 3.17. The molecule has 1 atom stereocenters. The van der Waals surface area contributed by atoms with Gasteiger partial charge in [-0.3, -0.25) is 9.36 Å². The first-order valence-electron chi connectivity index (χ1n) is 10.9. The molecule has 3 aromatic rings. The van der Waals surface area contributed by atoms with Crippen LogP contribution in [0.2, 0.25) is 0 Å². The van der Waals surface area contributed by atoms with E-state index in [0.717, 1.165) is 6.20 Å². The van der Waals surface area contributed by atoms with E-state index < -0.39 is 17.3 Å². The van der Waals surface area contributed by atoms with Gasteiger partial charge < -0.3 is 14.5 Å². The van der Waals surface area contributed by atoms with Gasteiger partial charge in [-0.2, -0.15) is 18.4 Å². The van der Waals surface area contributed by atoms with Gasteiger partial charge in [-0.05, 0) is 32.9 Å². The third-order valence-electron chi connectivity index (χ3n) is 6.20. The molecule has 3 aromatic heterocycles. The Morgan fingerprint density at radius 1 is 1.23 bits per heavy atom. The molecule has 1 amide bonds. The van der Waals surface area contributed by atoms with E-state index in [4.69, 9.17) is 4.74 Å². The summed E-state index contributed by atoms with van der Waals surface area (Å²) in [5, 5.41) is 9.03. The van der Waals surface area contributed by atoms with E-state index in [0.29, 0.717) is 13.1 Å². The first-order chi connectivity index (χ1) is 16.5. The summed E-state index contributed by atoms with van der Waals surface area (Å²) in [7, 11) is 1.46. The largest absolute Gasteiger partial charge is 0.418 e. The number of hydrogen-bond acceptors (Lipinski definition) is 7. The highest BCUT2D eigenvalue weighted by atomic mass is 19.4. The zero-order valence-corrected chi connectivity index (χ0v) is 19.7. The number of ether oxygens (including phenoxy) is 1. The number of halogens is 3. The average Bonchev–Trinajstić information content (AvgIpc) is 3.24. The molecule has 0 aromatic carbocycles. The fraction of sp³-hybridized carbons (Fsp3) is 0.435. The summed E-state index contributed by atoms with van der Waals surface area (Å²) in [4.78, 5) is 28.7. The lowest BCUT2D eigenvalue weighted by atomic mass is 10.1. The van der Waals surface area contributed by atoms with Gasteiger partial charge in [0.05, 0.1) is 22.6 Å². The summed E-state index contributed by atoms with van der Waals surface area (Å²) in [5.74, 6) is 0.0764. The lowest BCUT2D eigenvalue weighted by Gasteiger charge is -2.42. The number of hydrogen-bond donors (Lipinski definition) is 0. The molecule has 1 aliphatic heterocycles. The van der Waals surface area contributed by atoms with Gasteiger partial charge >= 0.3 is 6.18 Å². The second kappa shape index (κ2) is 8.81. The first kappa shape index (κ1) is 24.4. The van der Waals surface area contributed by atoms with Gasteiger partial charge in [0.1, 0.15) is 23.6 Å². The molecule has 0 N–H and O–H groups in total. The van der Waals surface area contributed by atoms with Crippen LogP contribution >= 0.6 is 0 Å². The van der Waals surface area contributed by atoms with Crippen LogP contribution in [-0.4, -0.2) is 68.7 Å². The molecule has 12 heteroatoms. The van der Waals surface area contributed by atoms with E-state index >= 15 is 0 Å². The Morgan fingerprint density at radius 3 is 2.60 bits per heavy atom. The van der Waals surface area contributed by atoms with E-state index in [2.05, 4.69) is 15.0 Å². The zero-order chi connectivity index (χ0) is 25.5. The number of piperazine rings is 1. The maximum Gasteiger partial charge on any atom is 0.418 e. The Kier molecular flexibility index (Phi) is 6.14. The number of carbonyl (C=O) groups is 1. The van der Waals surface area contributed by atoms with Crippen molar-refractivity contribution in [2.45, 2.75) is 38.6 Å². The Hall–Kier alpha value is -3.72. The molecule has 4 rings (SSSR count). The first-order valence-corrected chi connectivity index (χ1v) is 10.9. The highest BCUT2D eigenvalue weighted by Crippen LogP contribution is 2.40. The molecule has 0 radical (unpaired) electrons. The van der Waals surface area contributed by atoms with Crippen molar-refractivity contribution in [2.75, 3.05) is 31.6 Å². The Bertz CT molecular complexity index is 1310. The van der Waals surface area contributed by atoms with E-state index in [1.807, 2.05) is 13.0 Å². The molecule has 0 aliphatic carbocycles. The van der Waals surface area contributed by atoms with Crippen LogP contribution < -0.4 is 4.90 Å². The topological polar surface area (TPSA) is 100 Å². The van der Waals surface area contributed by atoms with Gasteiger partial charge in [0.15, 0.2) is 5.65 Å². The minimum Gasteiger partial charge on any atom is -0.369 e. The van der Waals surface area contributed by atoms with Crippen molar-refractivity contribution in [1.29, 1.82) is 5.26 Å². The fourth-order valence-corrected chi connectivity index (χ4v) is 4.20. The molecule has 0 unspecified atom stereocenters. The van der Waals surface area contributed by atoms with Crippen LogP contribution in [0.4, 0.5) is 19.0 Å². The SMILES string of the molecule is COC(C)(C)C(=O)N1CCN(c2ncnc3c2c(C(F)(F)F)cn3-c2cc(C#N)ccn2)[C@@H](C)C1. The number of carbonyl (C=O) groups excluding carboxylic acids is 1. The van der Waals surface area contributed by atoms with Crippen LogP contribution in [0.15, 0.2) is 30.9 Å². The number of rotatable bonds is 4. The lowest BCUT2D eigenvalue weighted by Crippen LogP contribution is -2.58. The minimum atomic E-state index is -4.68. The number of pyridine rings is 1. The number of alkyl halides is 3. The van der Waals surface area contributed by atoms with E-state index in [1.54, 1.807) is 23.6 Å². The van der Waals surface area contributed by atoms with Crippen LogP contribution in [0.3, 0.4) is 0 Å². The number of fused-ring (bicyclic) bond motifs is 1. The van der Waals surface area contributed by atoms with Gasteiger partial charge in [0, 0.05) is 45.2 Å². The van der Waals surface area contributed by atoms with Gasteiger partial charge in [-0.25, -0.2) is 15.0 Å². The average molecular weight is 487 g/mol. The Balaban J connectivity index is 1.79. The summed E-state index contributed by atoms with van der Waals surface area (Å²) in [6.45, 7) is 6.06. The fourth-order valence-electron chi connectivity index (χ4n) is 4.20. The monoisotopic (exact) mass is 487 g/mol. The molecule has 0 spiro atoms. The normalized spacial score (nSPS) is 17.0. The molecule has 1 saturated heterocycles.